The second-order valence-corrected chi connectivity index (χ2v) is 6.44. The van der Waals surface area contributed by atoms with Crippen LogP contribution in [0.1, 0.15) is 36.5 Å². The minimum Gasteiger partial charge on any atom is -0.325 e. The highest BCUT2D eigenvalue weighted by Crippen LogP contribution is 2.49. The molecule has 1 saturated carbocycles. The van der Waals surface area contributed by atoms with Gasteiger partial charge in [-0.05, 0) is 55.0 Å². The fourth-order valence-corrected chi connectivity index (χ4v) is 3.10. The van der Waals surface area contributed by atoms with Crippen molar-refractivity contribution < 1.29 is 4.79 Å². The van der Waals surface area contributed by atoms with Crippen molar-refractivity contribution in [1.29, 1.82) is 0 Å². The first-order chi connectivity index (χ1) is 10.6. The minimum absolute atomic E-state index is 0.0961. The maximum atomic E-state index is 12.9. The molecule has 0 aliphatic heterocycles. The van der Waals surface area contributed by atoms with Crippen molar-refractivity contribution in [3.8, 4) is 0 Å². The maximum absolute atomic E-state index is 12.9. The number of para-hydroxylation sites is 1. The molecule has 1 amide bonds. The van der Waals surface area contributed by atoms with Crippen LogP contribution in [0.2, 0.25) is 5.02 Å². The summed E-state index contributed by atoms with van der Waals surface area (Å²) in [6.07, 6.45) is 2.70. The molecule has 3 heteroatoms. The molecule has 1 fully saturated rings. The topological polar surface area (TPSA) is 29.1 Å². The first-order valence-corrected chi connectivity index (χ1v) is 8.10. The summed E-state index contributed by atoms with van der Waals surface area (Å²) in [6, 6.07) is 13.8. The molecule has 0 saturated heterocycles. The minimum atomic E-state index is -0.377. The number of amides is 1. The molecule has 1 N–H and O–H groups in total. The van der Waals surface area contributed by atoms with Crippen molar-refractivity contribution in [3.63, 3.8) is 0 Å². The van der Waals surface area contributed by atoms with Crippen LogP contribution in [0.5, 0.6) is 0 Å². The van der Waals surface area contributed by atoms with Gasteiger partial charge in [0.25, 0.3) is 0 Å². The van der Waals surface area contributed by atoms with Crippen molar-refractivity contribution in [2.75, 3.05) is 5.32 Å². The van der Waals surface area contributed by atoms with Crippen molar-refractivity contribution in [3.05, 3.63) is 64.2 Å². The number of nitrogens with one attached hydrogen (secondary N) is 1. The molecular weight excluding hydrogens is 294 g/mol. The molecule has 0 unspecified atom stereocenters. The molecule has 0 bridgehead atoms. The van der Waals surface area contributed by atoms with Crippen molar-refractivity contribution in [2.45, 2.75) is 38.5 Å². The normalized spacial score (nSPS) is 15.4. The number of halogens is 1. The molecule has 114 valence electrons. The molecule has 2 aromatic carbocycles. The summed E-state index contributed by atoms with van der Waals surface area (Å²) in [6.45, 7) is 4.15. The van der Waals surface area contributed by atoms with E-state index in [2.05, 4.69) is 18.3 Å². The molecule has 0 aromatic heterocycles. The molecule has 0 atom stereocenters. The van der Waals surface area contributed by atoms with E-state index in [1.807, 2.05) is 43.3 Å². The van der Waals surface area contributed by atoms with Gasteiger partial charge >= 0.3 is 0 Å². The van der Waals surface area contributed by atoms with Crippen LogP contribution in [0.4, 0.5) is 5.69 Å². The number of carbonyl (C=O) groups excluding carboxylic acids is 1. The lowest BCUT2D eigenvalue weighted by Crippen LogP contribution is -2.28. The van der Waals surface area contributed by atoms with Crippen LogP contribution in [-0.2, 0) is 16.6 Å². The maximum Gasteiger partial charge on any atom is 0.235 e. The number of benzene rings is 2. The zero-order valence-electron chi connectivity index (χ0n) is 12.9. The van der Waals surface area contributed by atoms with E-state index in [1.165, 1.54) is 5.56 Å². The quantitative estimate of drug-likeness (QED) is 0.856. The summed E-state index contributed by atoms with van der Waals surface area (Å²) in [5.74, 6) is 0.0961. The van der Waals surface area contributed by atoms with Gasteiger partial charge in [0.1, 0.15) is 0 Å². The SMILES string of the molecule is CCc1cccc(C)c1NC(=O)C1(c2ccc(Cl)cc2)CC1. The Labute approximate surface area is 136 Å². The van der Waals surface area contributed by atoms with Crippen LogP contribution < -0.4 is 5.32 Å². The molecule has 2 aromatic rings. The van der Waals surface area contributed by atoms with E-state index in [-0.39, 0.29) is 11.3 Å². The fraction of sp³-hybridized carbons (Fsp3) is 0.316. The summed E-state index contributed by atoms with van der Waals surface area (Å²) < 4.78 is 0. The number of hydrogen-bond donors (Lipinski definition) is 1. The number of rotatable bonds is 4. The van der Waals surface area contributed by atoms with Gasteiger partial charge in [0.2, 0.25) is 5.91 Å². The van der Waals surface area contributed by atoms with E-state index in [9.17, 15) is 4.79 Å². The van der Waals surface area contributed by atoms with Crippen LogP contribution in [0, 0.1) is 6.92 Å². The Balaban J connectivity index is 1.88. The lowest BCUT2D eigenvalue weighted by molar-refractivity contribution is -0.118. The Morgan fingerprint density at radius 2 is 1.86 bits per heavy atom. The Hall–Kier alpha value is -1.80. The molecule has 0 heterocycles. The Morgan fingerprint density at radius 1 is 1.18 bits per heavy atom. The van der Waals surface area contributed by atoms with Crippen molar-refractivity contribution >= 4 is 23.2 Å². The van der Waals surface area contributed by atoms with Gasteiger partial charge < -0.3 is 5.32 Å². The Bertz CT molecular complexity index is 702. The predicted molar refractivity (Wildman–Crippen MR) is 91.6 cm³/mol. The largest absolute Gasteiger partial charge is 0.325 e. The lowest BCUT2D eigenvalue weighted by atomic mass is 9.94. The van der Waals surface area contributed by atoms with Crippen molar-refractivity contribution in [1.82, 2.24) is 0 Å². The van der Waals surface area contributed by atoms with Crippen LogP contribution in [-0.4, -0.2) is 5.91 Å². The van der Waals surface area contributed by atoms with E-state index >= 15 is 0 Å². The van der Waals surface area contributed by atoms with E-state index in [0.29, 0.717) is 5.02 Å². The zero-order valence-corrected chi connectivity index (χ0v) is 13.7. The molecule has 0 spiro atoms. The summed E-state index contributed by atoms with van der Waals surface area (Å²) in [5, 5.41) is 3.87. The Kier molecular flexibility index (Phi) is 3.96. The summed E-state index contributed by atoms with van der Waals surface area (Å²) in [7, 11) is 0. The van der Waals surface area contributed by atoms with Crippen LogP contribution >= 0.6 is 11.6 Å². The van der Waals surface area contributed by atoms with Crippen molar-refractivity contribution in [2.24, 2.45) is 0 Å². The van der Waals surface area contributed by atoms with Crippen LogP contribution in [0.25, 0.3) is 0 Å². The number of carbonyl (C=O) groups is 1. The van der Waals surface area contributed by atoms with E-state index < -0.39 is 0 Å². The van der Waals surface area contributed by atoms with Crippen LogP contribution in [0.3, 0.4) is 0 Å². The van der Waals surface area contributed by atoms with Gasteiger partial charge in [-0.15, -0.1) is 0 Å². The highest BCUT2D eigenvalue weighted by atomic mass is 35.5. The molecular formula is C19H20ClNO. The lowest BCUT2D eigenvalue weighted by Gasteiger charge is -2.19. The molecule has 1 aliphatic rings. The number of anilines is 1. The predicted octanol–water partition coefficient (Wildman–Crippen LogP) is 4.88. The van der Waals surface area contributed by atoms with E-state index in [4.69, 9.17) is 11.6 Å². The van der Waals surface area contributed by atoms with Gasteiger partial charge in [-0.2, -0.15) is 0 Å². The third-order valence-corrected chi connectivity index (χ3v) is 4.81. The number of aryl methyl sites for hydroxylation is 2. The van der Waals surface area contributed by atoms with Gasteiger partial charge in [0.05, 0.1) is 5.41 Å². The third-order valence-electron chi connectivity index (χ3n) is 4.56. The third kappa shape index (κ3) is 2.64. The first-order valence-electron chi connectivity index (χ1n) is 7.73. The second kappa shape index (κ2) is 5.77. The number of hydrogen-bond acceptors (Lipinski definition) is 1. The molecule has 0 radical (unpaired) electrons. The van der Waals surface area contributed by atoms with E-state index in [1.54, 1.807) is 0 Å². The summed E-state index contributed by atoms with van der Waals surface area (Å²) >= 11 is 5.95. The smallest absolute Gasteiger partial charge is 0.235 e. The fourth-order valence-electron chi connectivity index (χ4n) is 2.98. The molecule has 22 heavy (non-hydrogen) atoms. The highest BCUT2D eigenvalue weighted by Gasteiger charge is 2.51. The van der Waals surface area contributed by atoms with Gasteiger partial charge in [-0.25, -0.2) is 0 Å². The van der Waals surface area contributed by atoms with Gasteiger partial charge in [-0.3, -0.25) is 4.79 Å². The Morgan fingerprint density at radius 3 is 2.45 bits per heavy atom. The average molecular weight is 314 g/mol. The average Bonchev–Trinajstić information content (AvgIpc) is 3.31. The molecule has 3 rings (SSSR count). The summed E-state index contributed by atoms with van der Waals surface area (Å²) in [5.41, 5.74) is 3.94. The van der Waals surface area contributed by atoms with Crippen LogP contribution in [0.15, 0.2) is 42.5 Å². The standard InChI is InChI=1S/C19H20ClNO/c1-3-14-6-4-5-13(2)17(14)21-18(22)19(11-12-19)15-7-9-16(20)10-8-15/h4-10H,3,11-12H2,1-2H3,(H,21,22). The summed E-state index contributed by atoms with van der Waals surface area (Å²) in [4.78, 5) is 12.9. The zero-order chi connectivity index (χ0) is 15.7. The second-order valence-electron chi connectivity index (χ2n) is 6.01. The first kappa shape index (κ1) is 15.1. The van der Waals surface area contributed by atoms with Gasteiger partial charge in [0.15, 0.2) is 0 Å². The molecule has 2 nitrogen and oxygen atoms in total. The van der Waals surface area contributed by atoms with E-state index in [0.717, 1.165) is 36.1 Å². The highest BCUT2D eigenvalue weighted by molar-refractivity contribution is 6.30. The van der Waals surface area contributed by atoms with Gasteiger partial charge in [0, 0.05) is 10.7 Å². The van der Waals surface area contributed by atoms with Gasteiger partial charge in [-0.1, -0.05) is 48.9 Å². The monoisotopic (exact) mass is 313 g/mol. The molecule has 1 aliphatic carbocycles.